The average Bonchev–Trinajstić information content (AvgIpc) is 2.84. The summed E-state index contributed by atoms with van der Waals surface area (Å²) in [6.07, 6.45) is 1.54. The molecule has 0 saturated heterocycles. The van der Waals surface area contributed by atoms with Crippen molar-refractivity contribution < 1.29 is 23.8 Å². The highest BCUT2D eigenvalue weighted by Gasteiger charge is 2.17. The fourth-order valence-electron chi connectivity index (χ4n) is 3.00. The Morgan fingerprint density at radius 2 is 1.48 bits per heavy atom. The van der Waals surface area contributed by atoms with E-state index in [1.807, 2.05) is 6.07 Å². The molecule has 2 amide bonds. The molecule has 7 nitrogen and oxygen atoms in total. The van der Waals surface area contributed by atoms with Gasteiger partial charge in [0, 0.05) is 21.8 Å². The van der Waals surface area contributed by atoms with Gasteiger partial charge < -0.3 is 24.8 Å². The first-order valence-electron chi connectivity index (χ1n) is 9.90. The summed E-state index contributed by atoms with van der Waals surface area (Å²) in [7, 11) is 4.52. The molecule has 3 aromatic carbocycles. The smallest absolute Gasteiger partial charge is 0.272 e. The number of rotatable bonds is 8. The molecule has 0 fully saturated rings. The molecule has 0 aliphatic carbocycles. The SMILES string of the molecule is COc1ccccc1C=C(NC(=O)c1ccc(OC)c(OC)c1)C(=O)Nc1ccc(Cl)cc1. The Balaban J connectivity index is 1.94. The molecule has 0 atom stereocenters. The Morgan fingerprint density at radius 1 is 0.818 bits per heavy atom. The Morgan fingerprint density at radius 3 is 2.15 bits per heavy atom. The highest BCUT2D eigenvalue weighted by atomic mass is 35.5. The largest absolute Gasteiger partial charge is 0.496 e. The first kappa shape index (κ1) is 23.7. The lowest BCUT2D eigenvalue weighted by molar-refractivity contribution is -0.113. The third-order valence-corrected chi connectivity index (χ3v) is 4.93. The van der Waals surface area contributed by atoms with Crippen LogP contribution in [-0.2, 0) is 4.79 Å². The molecule has 0 bridgehead atoms. The number of anilines is 1. The average molecular weight is 467 g/mol. The van der Waals surface area contributed by atoms with Crippen molar-refractivity contribution in [3.8, 4) is 17.2 Å². The Bertz CT molecular complexity index is 1180. The van der Waals surface area contributed by atoms with Gasteiger partial charge in [0.15, 0.2) is 11.5 Å². The van der Waals surface area contributed by atoms with Crippen LogP contribution in [0.5, 0.6) is 17.2 Å². The lowest BCUT2D eigenvalue weighted by Gasteiger charge is -2.13. The minimum Gasteiger partial charge on any atom is -0.496 e. The van der Waals surface area contributed by atoms with Crippen molar-refractivity contribution in [3.05, 3.63) is 88.6 Å². The molecule has 0 saturated carbocycles. The zero-order valence-electron chi connectivity index (χ0n) is 18.3. The van der Waals surface area contributed by atoms with Gasteiger partial charge in [-0.25, -0.2) is 0 Å². The number of hydrogen-bond acceptors (Lipinski definition) is 5. The molecule has 8 heteroatoms. The van der Waals surface area contributed by atoms with Gasteiger partial charge in [-0.1, -0.05) is 29.8 Å². The summed E-state index contributed by atoms with van der Waals surface area (Å²) in [6, 6.07) is 18.5. The zero-order valence-corrected chi connectivity index (χ0v) is 19.1. The van der Waals surface area contributed by atoms with Crippen LogP contribution in [0.3, 0.4) is 0 Å². The third-order valence-electron chi connectivity index (χ3n) is 4.68. The van der Waals surface area contributed by atoms with E-state index < -0.39 is 11.8 Å². The second-order valence-corrected chi connectivity index (χ2v) is 7.22. The topological polar surface area (TPSA) is 85.9 Å². The monoisotopic (exact) mass is 466 g/mol. The lowest BCUT2D eigenvalue weighted by atomic mass is 10.1. The number of hydrogen-bond donors (Lipinski definition) is 2. The van der Waals surface area contributed by atoms with Gasteiger partial charge in [-0.3, -0.25) is 9.59 Å². The quantitative estimate of drug-likeness (QED) is 0.467. The van der Waals surface area contributed by atoms with Gasteiger partial charge in [0.05, 0.1) is 21.3 Å². The van der Waals surface area contributed by atoms with Crippen LogP contribution in [0.4, 0.5) is 5.69 Å². The van der Waals surface area contributed by atoms with Crippen LogP contribution in [0.25, 0.3) is 6.08 Å². The van der Waals surface area contributed by atoms with E-state index in [4.69, 9.17) is 25.8 Å². The number of carbonyl (C=O) groups excluding carboxylic acids is 2. The fourth-order valence-corrected chi connectivity index (χ4v) is 3.13. The summed E-state index contributed by atoms with van der Waals surface area (Å²) in [5.41, 5.74) is 1.46. The van der Waals surface area contributed by atoms with Crippen molar-refractivity contribution in [2.45, 2.75) is 0 Å². The predicted molar refractivity (Wildman–Crippen MR) is 128 cm³/mol. The maximum atomic E-state index is 13.1. The molecule has 3 aromatic rings. The third kappa shape index (κ3) is 6.05. The number of amides is 2. The van der Waals surface area contributed by atoms with Gasteiger partial charge in [0.1, 0.15) is 11.4 Å². The summed E-state index contributed by atoms with van der Waals surface area (Å²) in [5.74, 6) is 0.417. The van der Waals surface area contributed by atoms with E-state index in [0.29, 0.717) is 33.5 Å². The lowest BCUT2D eigenvalue weighted by Crippen LogP contribution is -2.30. The zero-order chi connectivity index (χ0) is 23.8. The van der Waals surface area contributed by atoms with Gasteiger partial charge in [0.25, 0.3) is 11.8 Å². The van der Waals surface area contributed by atoms with Crippen LogP contribution < -0.4 is 24.8 Å². The fraction of sp³-hybridized carbons (Fsp3) is 0.120. The van der Waals surface area contributed by atoms with Gasteiger partial charge >= 0.3 is 0 Å². The Labute approximate surface area is 196 Å². The Kier molecular flexibility index (Phi) is 7.94. The van der Waals surface area contributed by atoms with E-state index in [9.17, 15) is 9.59 Å². The van der Waals surface area contributed by atoms with E-state index >= 15 is 0 Å². The van der Waals surface area contributed by atoms with Crippen molar-refractivity contribution >= 4 is 35.2 Å². The van der Waals surface area contributed by atoms with Crippen LogP contribution in [0.1, 0.15) is 15.9 Å². The van der Waals surface area contributed by atoms with E-state index in [0.717, 1.165) is 0 Å². The van der Waals surface area contributed by atoms with Crippen molar-refractivity contribution in [1.29, 1.82) is 0 Å². The second-order valence-electron chi connectivity index (χ2n) is 6.78. The molecule has 0 aliphatic rings. The van der Waals surface area contributed by atoms with Gasteiger partial charge in [0.2, 0.25) is 0 Å². The van der Waals surface area contributed by atoms with Crippen molar-refractivity contribution in [3.63, 3.8) is 0 Å². The molecule has 2 N–H and O–H groups in total. The van der Waals surface area contributed by atoms with E-state index in [-0.39, 0.29) is 11.3 Å². The standard InChI is InChI=1S/C25H23ClN2O5/c1-31-21-7-5-4-6-16(21)14-20(25(30)27-19-11-9-18(26)10-12-19)28-24(29)17-8-13-22(32-2)23(15-17)33-3/h4-15H,1-3H3,(H,27,30)(H,28,29). The van der Waals surface area contributed by atoms with Crippen molar-refractivity contribution in [2.24, 2.45) is 0 Å². The molecular weight excluding hydrogens is 444 g/mol. The van der Waals surface area contributed by atoms with Crippen LogP contribution in [-0.4, -0.2) is 33.1 Å². The molecule has 3 rings (SSSR count). The number of benzene rings is 3. The van der Waals surface area contributed by atoms with Crippen molar-refractivity contribution in [1.82, 2.24) is 5.32 Å². The van der Waals surface area contributed by atoms with Crippen LogP contribution in [0.2, 0.25) is 5.02 Å². The first-order chi connectivity index (χ1) is 15.9. The number of carbonyl (C=O) groups is 2. The highest BCUT2D eigenvalue weighted by molar-refractivity contribution is 6.30. The molecule has 0 aliphatic heterocycles. The predicted octanol–water partition coefficient (Wildman–Crippen LogP) is 4.78. The van der Waals surface area contributed by atoms with E-state index in [1.165, 1.54) is 27.4 Å². The number of nitrogens with one attached hydrogen (secondary N) is 2. The molecular formula is C25H23ClN2O5. The Hall–Kier alpha value is -3.97. The van der Waals surface area contributed by atoms with Gasteiger partial charge in [-0.05, 0) is 54.6 Å². The molecule has 0 spiro atoms. The molecule has 0 unspecified atom stereocenters. The van der Waals surface area contributed by atoms with Crippen molar-refractivity contribution in [2.75, 3.05) is 26.6 Å². The maximum Gasteiger partial charge on any atom is 0.272 e. The number of para-hydroxylation sites is 1. The van der Waals surface area contributed by atoms with E-state index in [2.05, 4.69) is 10.6 Å². The van der Waals surface area contributed by atoms with Crippen LogP contribution in [0, 0.1) is 0 Å². The molecule has 0 radical (unpaired) electrons. The van der Waals surface area contributed by atoms with E-state index in [1.54, 1.807) is 60.7 Å². The highest BCUT2D eigenvalue weighted by Crippen LogP contribution is 2.28. The minimum absolute atomic E-state index is 0.0224. The summed E-state index contributed by atoms with van der Waals surface area (Å²) >= 11 is 5.92. The maximum absolute atomic E-state index is 13.1. The molecule has 170 valence electrons. The van der Waals surface area contributed by atoms with Crippen LogP contribution in [0.15, 0.2) is 72.4 Å². The summed E-state index contributed by atoms with van der Waals surface area (Å²) in [4.78, 5) is 26.1. The van der Waals surface area contributed by atoms with Crippen LogP contribution >= 0.6 is 11.6 Å². The summed E-state index contributed by atoms with van der Waals surface area (Å²) < 4.78 is 15.9. The molecule has 0 heterocycles. The van der Waals surface area contributed by atoms with Gasteiger partial charge in [-0.2, -0.15) is 0 Å². The molecule has 0 aromatic heterocycles. The number of ether oxygens (including phenoxy) is 3. The van der Waals surface area contributed by atoms with Gasteiger partial charge in [-0.15, -0.1) is 0 Å². The summed E-state index contributed by atoms with van der Waals surface area (Å²) in [5, 5.41) is 5.99. The number of halogens is 1. The normalized spacial score (nSPS) is 10.8. The molecule has 33 heavy (non-hydrogen) atoms. The summed E-state index contributed by atoms with van der Waals surface area (Å²) in [6.45, 7) is 0. The minimum atomic E-state index is -0.517. The second kappa shape index (κ2) is 11.1. The number of methoxy groups -OCH3 is 3. The first-order valence-corrected chi connectivity index (χ1v) is 10.3.